The van der Waals surface area contributed by atoms with Crippen molar-refractivity contribution in [3.8, 4) is 0 Å². The van der Waals surface area contributed by atoms with Crippen LogP contribution in [0.25, 0.3) is 0 Å². The SMILES string of the molecule is O=C1N[C@@]2(c3cc(Br)ccc3F)C[C@@H]2CO1. The molecular weight excluding hydrogens is 277 g/mol. The minimum absolute atomic E-state index is 0.189. The van der Waals surface area contributed by atoms with Gasteiger partial charge in [0.15, 0.2) is 0 Å². The molecule has 0 bridgehead atoms. The number of nitrogens with one attached hydrogen (secondary N) is 1. The van der Waals surface area contributed by atoms with Gasteiger partial charge >= 0.3 is 6.09 Å². The number of ether oxygens (including phenoxy) is 1. The molecule has 1 aliphatic carbocycles. The van der Waals surface area contributed by atoms with Gasteiger partial charge in [-0.25, -0.2) is 9.18 Å². The third-order valence-corrected chi connectivity index (χ3v) is 3.75. The number of benzene rings is 1. The van der Waals surface area contributed by atoms with Crippen molar-refractivity contribution in [1.29, 1.82) is 0 Å². The number of fused-ring (bicyclic) bond motifs is 1. The molecule has 2 atom stereocenters. The van der Waals surface area contributed by atoms with Crippen LogP contribution in [0.4, 0.5) is 9.18 Å². The van der Waals surface area contributed by atoms with E-state index in [1.165, 1.54) is 6.07 Å². The van der Waals surface area contributed by atoms with Crippen LogP contribution in [0.3, 0.4) is 0 Å². The van der Waals surface area contributed by atoms with Gasteiger partial charge in [0.1, 0.15) is 5.82 Å². The number of halogens is 2. The zero-order valence-corrected chi connectivity index (χ0v) is 9.88. The van der Waals surface area contributed by atoms with E-state index in [1.807, 2.05) is 0 Å². The number of carbonyl (C=O) groups is 1. The molecule has 1 amide bonds. The Morgan fingerprint density at radius 1 is 1.56 bits per heavy atom. The Bertz CT molecular complexity index is 479. The quantitative estimate of drug-likeness (QED) is 0.861. The fourth-order valence-corrected chi connectivity index (χ4v) is 2.68. The highest BCUT2D eigenvalue weighted by molar-refractivity contribution is 9.10. The lowest BCUT2D eigenvalue weighted by molar-refractivity contribution is 0.111. The number of alkyl carbamates (subject to hydrolysis) is 1. The van der Waals surface area contributed by atoms with E-state index in [0.29, 0.717) is 12.2 Å². The number of rotatable bonds is 1. The summed E-state index contributed by atoms with van der Waals surface area (Å²) in [6.45, 7) is 0.373. The second kappa shape index (κ2) is 3.20. The Morgan fingerprint density at radius 2 is 2.38 bits per heavy atom. The summed E-state index contributed by atoms with van der Waals surface area (Å²) in [7, 11) is 0. The third kappa shape index (κ3) is 1.34. The lowest BCUT2D eigenvalue weighted by Crippen LogP contribution is -2.42. The van der Waals surface area contributed by atoms with Crippen LogP contribution >= 0.6 is 15.9 Å². The molecule has 2 fully saturated rings. The van der Waals surface area contributed by atoms with Crippen molar-refractivity contribution in [3.63, 3.8) is 0 Å². The highest BCUT2D eigenvalue weighted by atomic mass is 79.9. The van der Waals surface area contributed by atoms with E-state index in [-0.39, 0.29) is 11.7 Å². The van der Waals surface area contributed by atoms with Gasteiger partial charge < -0.3 is 10.1 Å². The monoisotopic (exact) mass is 285 g/mol. The molecule has 1 saturated carbocycles. The third-order valence-electron chi connectivity index (χ3n) is 3.25. The lowest BCUT2D eigenvalue weighted by Gasteiger charge is -2.24. The average molecular weight is 286 g/mol. The maximum atomic E-state index is 13.7. The van der Waals surface area contributed by atoms with Crippen molar-refractivity contribution in [2.45, 2.75) is 12.0 Å². The first kappa shape index (κ1) is 10.1. The van der Waals surface area contributed by atoms with Gasteiger partial charge in [-0.3, -0.25) is 0 Å². The summed E-state index contributed by atoms with van der Waals surface area (Å²) in [6.07, 6.45) is 0.277. The van der Waals surface area contributed by atoms with E-state index < -0.39 is 11.6 Å². The molecule has 0 spiro atoms. The van der Waals surface area contributed by atoms with Crippen molar-refractivity contribution in [1.82, 2.24) is 5.32 Å². The molecule has 1 aromatic carbocycles. The molecular formula is C11H9BrFNO2. The van der Waals surface area contributed by atoms with Crippen molar-refractivity contribution in [2.24, 2.45) is 5.92 Å². The van der Waals surface area contributed by atoms with Crippen molar-refractivity contribution in [3.05, 3.63) is 34.1 Å². The molecule has 1 aromatic rings. The predicted molar refractivity (Wildman–Crippen MR) is 58.4 cm³/mol. The van der Waals surface area contributed by atoms with Crippen LogP contribution in [0.2, 0.25) is 0 Å². The molecule has 0 unspecified atom stereocenters. The number of hydrogen-bond donors (Lipinski definition) is 1. The highest BCUT2D eigenvalue weighted by Gasteiger charge is 2.60. The van der Waals surface area contributed by atoms with E-state index in [4.69, 9.17) is 4.74 Å². The molecule has 5 heteroatoms. The van der Waals surface area contributed by atoms with Crippen LogP contribution in [0.1, 0.15) is 12.0 Å². The summed E-state index contributed by atoms with van der Waals surface area (Å²) in [4.78, 5) is 11.2. The van der Waals surface area contributed by atoms with Crippen LogP contribution in [0.5, 0.6) is 0 Å². The molecule has 1 aliphatic heterocycles. The summed E-state index contributed by atoms with van der Waals surface area (Å²) < 4.78 is 19.4. The molecule has 1 heterocycles. The van der Waals surface area contributed by atoms with E-state index in [2.05, 4.69) is 21.2 Å². The largest absolute Gasteiger partial charge is 0.449 e. The van der Waals surface area contributed by atoms with E-state index in [9.17, 15) is 9.18 Å². The number of amides is 1. The predicted octanol–water partition coefficient (Wildman–Crippen LogP) is 2.54. The van der Waals surface area contributed by atoms with Crippen LogP contribution < -0.4 is 5.32 Å². The van der Waals surface area contributed by atoms with Crippen molar-refractivity contribution in [2.75, 3.05) is 6.61 Å². The second-order valence-electron chi connectivity index (χ2n) is 4.22. The van der Waals surface area contributed by atoms with Gasteiger partial charge in [0.25, 0.3) is 0 Å². The van der Waals surface area contributed by atoms with Gasteiger partial charge in [-0.05, 0) is 24.6 Å². The number of hydrogen-bond acceptors (Lipinski definition) is 2. The van der Waals surface area contributed by atoms with Gasteiger partial charge in [-0.15, -0.1) is 0 Å². The molecule has 2 aliphatic rings. The summed E-state index contributed by atoms with van der Waals surface area (Å²) in [6, 6.07) is 4.78. The Hall–Kier alpha value is -1.10. The fourth-order valence-electron chi connectivity index (χ4n) is 2.32. The fraction of sp³-hybridized carbons (Fsp3) is 0.364. The van der Waals surface area contributed by atoms with E-state index in [1.54, 1.807) is 12.1 Å². The standard InChI is InChI=1S/C11H9BrFNO2/c12-7-1-2-9(13)8(3-7)11-4-6(11)5-16-10(15)14-11/h1-3,6H,4-5H2,(H,14,15)/t6-,11+/m1/s1. The maximum Gasteiger partial charge on any atom is 0.407 e. The van der Waals surface area contributed by atoms with E-state index in [0.717, 1.165) is 10.9 Å². The van der Waals surface area contributed by atoms with Gasteiger partial charge in [0.05, 0.1) is 12.1 Å². The van der Waals surface area contributed by atoms with Crippen molar-refractivity contribution >= 4 is 22.0 Å². The first-order valence-electron chi connectivity index (χ1n) is 5.02. The first-order valence-corrected chi connectivity index (χ1v) is 5.81. The Labute approximate surface area is 100 Å². The molecule has 1 saturated heterocycles. The number of carbonyl (C=O) groups excluding carboxylic acids is 1. The summed E-state index contributed by atoms with van der Waals surface area (Å²) in [5.41, 5.74) is 0.00644. The molecule has 0 radical (unpaired) electrons. The van der Waals surface area contributed by atoms with Crippen molar-refractivity contribution < 1.29 is 13.9 Å². The summed E-state index contributed by atoms with van der Waals surface area (Å²) in [5.74, 6) is -0.0955. The van der Waals surface area contributed by atoms with Crippen LogP contribution in [0.15, 0.2) is 22.7 Å². The second-order valence-corrected chi connectivity index (χ2v) is 5.14. The van der Waals surface area contributed by atoms with Crippen LogP contribution in [-0.4, -0.2) is 12.7 Å². The zero-order chi connectivity index (χ0) is 11.3. The molecule has 1 N–H and O–H groups in total. The van der Waals surface area contributed by atoms with Gasteiger partial charge in [-0.2, -0.15) is 0 Å². The normalized spacial score (nSPS) is 31.4. The Balaban J connectivity index is 2.04. The minimum atomic E-state index is -0.538. The van der Waals surface area contributed by atoms with Gasteiger partial charge in [0, 0.05) is 16.0 Å². The summed E-state index contributed by atoms with van der Waals surface area (Å²) in [5, 5.41) is 2.73. The van der Waals surface area contributed by atoms with Crippen LogP contribution in [-0.2, 0) is 10.3 Å². The molecule has 3 rings (SSSR count). The number of cyclic esters (lactones) is 1. The molecule has 84 valence electrons. The molecule has 0 aromatic heterocycles. The van der Waals surface area contributed by atoms with Gasteiger partial charge in [0.2, 0.25) is 0 Å². The maximum absolute atomic E-state index is 13.7. The topological polar surface area (TPSA) is 38.3 Å². The highest BCUT2D eigenvalue weighted by Crippen LogP contribution is 2.54. The van der Waals surface area contributed by atoms with Crippen LogP contribution in [0, 0.1) is 11.7 Å². The molecule has 3 nitrogen and oxygen atoms in total. The first-order chi connectivity index (χ1) is 7.62. The lowest BCUT2D eigenvalue weighted by atomic mass is 10.0. The van der Waals surface area contributed by atoms with E-state index >= 15 is 0 Å². The zero-order valence-electron chi connectivity index (χ0n) is 8.30. The van der Waals surface area contributed by atoms with Gasteiger partial charge in [-0.1, -0.05) is 15.9 Å². The Kier molecular flexibility index (Phi) is 2.01. The average Bonchev–Trinajstić information content (AvgIpc) is 2.96. The Morgan fingerprint density at radius 3 is 3.19 bits per heavy atom. The molecule has 16 heavy (non-hydrogen) atoms. The smallest absolute Gasteiger partial charge is 0.407 e. The minimum Gasteiger partial charge on any atom is -0.449 e. The summed E-state index contributed by atoms with van der Waals surface area (Å²) >= 11 is 3.31.